The van der Waals surface area contributed by atoms with E-state index in [2.05, 4.69) is 24.3 Å². The summed E-state index contributed by atoms with van der Waals surface area (Å²) in [6.45, 7) is 0. The fourth-order valence-electron chi connectivity index (χ4n) is 3.29. The Morgan fingerprint density at radius 1 is 1.11 bits per heavy atom. The Balaban J connectivity index is 1.84. The van der Waals surface area contributed by atoms with Crippen molar-refractivity contribution >= 4 is 0 Å². The summed E-state index contributed by atoms with van der Waals surface area (Å²) >= 11 is 0. The van der Waals surface area contributed by atoms with Gasteiger partial charge in [0.25, 0.3) is 0 Å². The second-order valence-electron chi connectivity index (χ2n) is 5.51. The van der Waals surface area contributed by atoms with Crippen LogP contribution in [0.25, 0.3) is 0 Å². The van der Waals surface area contributed by atoms with Crippen LogP contribution in [0.4, 0.5) is 0 Å². The predicted molar refractivity (Wildman–Crippen MR) is 73.7 cm³/mol. The van der Waals surface area contributed by atoms with Crippen LogP contribution in [0.15, 0.2) is 23.8 Å². The van der Waals surface area contributed by atoms with Crippen LogP contribution in [0.2, 0.25) is 0 Å². The van der Waals surface area contributed by atoms with Gasteiger partial charge in [0, 0.05) is 0 Å². The Morgan fingerprint density at radius 2 is 1.94 bits per heavy atom. The van der Waals surface area contributed by atoms with E-state index in [-0.39, 0.29) is 0 Å². The predicted octanol–water partition coefficient (Wildman–Crippen LogP) is 4.30. The molecule has 1 heteroatoms. The van der Waals surface area contributed by atoms with Crippen molar-refractivity contribution in [2.24, 2.45) is 5.92 Å². The highest BCUT2D eigenvalue weighted by Gasteiger charge is 2.21. The smallest absolute Gasteiger partial charge is 0.119 e. The van der Waals surface area contributed by atoms with Gasteiger partial charge in [0.1, 0.15) is 5.75 Å². The van der Waals surface area contributed by atoms with Gasteiger partial charge in [-0.3, -0.25) is 0 Å². The minimum atomic E-state index is 0.814. The summed E-state index contributed by atoms with van der Waals surface area (Å²) in [7, 11) is 1.73. The lowest BCUT2D eigenvalue weighted by atomic mass is 9.78. The molecule has 0 aliphatic heterocycles. The number of fused-ring (bicyclic) bond motifs is 1. The molecule has 1 fully saturated rings. The Kier molecular flexibility index (Phi) is 3.40. The minimum absolute atomic E-state index is 0.814. The maximum atomic E-state index is 5.29. The molecule has 1 aromatic carbocycles. The van der Waals surface area contributed by atoms with Gasteiger partial charge < -0.3 is 4.74 Å². The molecule has 18 heavy (non-hydrogen) atoms. The third kappa shape index (κ3) is 2.31. The highest BCUT2D eigenvalue weighted by molar-refractivity contribution is 5.42. The Hall–Kier alpha value is -1.24. The molecule has 95 valence electrons. The monoisotopic (exact) mass is 241 g/mol. The fourth-order valence-corrected chi connectivity index (χ4v) is 3.29. The summed E-state index contributed by atoms with van der Waals surface area (Å²) in [6.07, 6.45) is 13.0. The Labute approximate surface area is 110 Å². The molecule has 2 aliphatic carbocycles. The van der Waals surface area contributed by atoms with Crippen molar-refractivity contribution in [2.75, 3.05) is 7.11 Å². The number of allylic oxidation sites excluding steroid dienone is 1. The van der Waals surface area contributed by atoms with Crippen LogP contribution in [0.3, 0.4) is 0 Å². The van der Waals surface area contributed by atoms with Crippen LogP contribution in [-0.2, 0) is 6.42 Å². The summed E-state index contributed by atoms with van der Waals surface area (Å²) in [5.41, 5.74) is 4.27. The number of methoxy groups -OCH3 is 1. The van der Waals surface area contributed by atoms with Crippen molar-refractivity contribution in [3.05, 3.63) is 41.0 Å². The summed E-state index contributed by atoms with van der Waals surface area (Å²) in [4.78, 5) is 0. The van der Waals surface area contributed by atoms with Crippen LogP contribution in [0.1, 0.15) is 49.7 Å². The largest absolute Gasteiger partial charge is 0.497 e. The first-order valence-corrected chi connectivity index (χ1v) is 7.16. The highest BCUT2D eigenvalue weighted by Crippen LogP contribution is 2.35. The van der Waals surface area contributed by atoms with Crippen molar-refractivity contribution < 1.29 is 4.74 Å². The van der Waals surface area contributed by atoms with Crippen molar-refractivity contribution in [3.8, 4) is 5.75 Å². The van der Waals surface area contributed by atoms with Crippen molar-refractivity contribution in [2.45, 2.75) is 44.9 Å². The third-order valence-electron chi connectivity index (χ3n) is 4.37. The topological polar surface area (TPSA) is 9.23 Å². The second-order valence-corrected chi connectivity index (χ2v) is 5.51. The quantitative estimate of drug-likeness (QED) is 0.750. The number of hydrogen-bond donors (Lipinski definition) is 0. The lowest BCUT2D eigenvalue weighted by Crippen LogP contribution is -2.13. The van der Waals surface area contributed by atoms with E-state index < -0.39 is 0 Å². The fraction of sp³-hybridized carbons (Fsp3) is 0.529. The summed E-state index contributed by atoms with van der Waals surface area (Å²) in [5, 5.41) is 0. The molecule has 1 nitrogen and oxygen atoms in total. The van der Waals surface area contributed by atoms with E-state index in [1.165, 1.54) is 49.7 Å². The zero-order valence-electron chi connectivity index (χ0n) is 11.2. The van der Waals surface area contributed by atoms with Crippen molar-refractivity contribution in [3.63, 3.8) is 0 Å². The van der Waals surface area contributed by atoms with Crippen LogP contribution in [0, 0.1) is 12.0 Å². The molecule has 0 spiro atoms. The molecule has 1 saturated carbocycles. The molecule has 0 N–H and O–H groups in total. The first kappa shape index (κ1) is 11.8. The van der Waals surface area contributed by atoms with Gasteiger partial charge in [0.15, 0.2) is 0 Å². The summed E-state index contributed by atoms with van der Waals surface area (Å²) < 4.78 is 5.29. The Bertz CT molecular complexity index is 453. The average Bonchev–Trinajstić information content (AvgIpc) is 2.47. The normalized spacial score (nSPS) is 20.2. The van der Waals surface area contributed by atoms with Crippen LogP contribution in [0.5, 0.6) is 5.75 Å². The summed E-state index contributed by atoms with van der Waals surface area (Å²) in [6, 6.07) is 6.38. The van der Waals surface area contributed by atoms with E-state index in [1.807, 2.05) is 0 Å². The number of aryl methyl sites for hydroxylation is 1. The van der Waals surface area contributed by atoms with Gasteiger partial charge >= 0.3 is 0 Å². The molecule has 0 amide bonds. The first-order valence-electron chi connectivity index (χ1n) is 7.16. The first-order chi connectivity index (χ1) is 8.86. The van der Waals surface area contributed by atoms with Crippen LogP contribution >= 0.6 is 0 Å². The van der Waals surface area contributed by atoms with Crippen LogP contribution < -0.4 is 4.74 Å². The number of hydrogen-bond acceptors (Lipinski definition) is 1. The molecule has 1 aromatic rings. The Morgan fingerprint density at radius 3 is 2.72 bits per heavy atom. The van der Waals surface area contributed by atoms with Gasteiger partial charge in [0.05, 0.1) is 7.11 Å². The van der Waals surface area contributed by atoms with Gasteiger partial charge in [-0.15, -0.1) is 0 Å². The molecule has 0 aromatic heterocycles. The highest BCUT2D eigenvalue weighted by atomic mass is 16.5. The SMILES string of the molecule is COc1ccc2c(c1)CCC(C1CCCCC1)=[C]2. The van der Waals surface area contributed by atoms with E-state index in [9.17, 15) is 0 Å². The van der Waals surface area contributed by atoms with Gasteiger partial charge in [-0.2, -0.15) is 0 Å². The molecule has 0 heterocycles. The van der Waals surface area contributed by atoms with Gasteiger partial charge in [-0.1, -0.05) is 30.9 Å². The van der Waals surface area contributed by atoms with E-state index in [4.69, 9.17) is 4.74 Å². The molecule has 0 bridgehead atoms. The molecular weight excluding hydrogens is 220 g/mol. The zero-order chi connectivity index (χ0) is 12.4. The zero-order valence-corrected chi connectivity index (χ0v) is 11.2. The maximum absolute atomic E-state index is 5.29. The third-order valence-corrected chi connectivity index (χ3v) is 4.37. The van der Waals surface area contributed by atoms with Crippen molar-refractivity contribution in [1.82, 2.24) is 0 Å². The number of rotatable bonds is 2. The number of ether oxygens (including phenoxy) is 1. The molecule has 2 aliphatic rings. The van der Waals surface area contributed by atoms with Crippen LogP contribution in [-0.4, -0.2) is 7.11 Å². The average molecular weight is 241 g/mol. The lowest BCUT2D eigenvalue weighted by Gasteiger charge is -2.27. The molecule has 0 unspecified atom stereocenters. The molecule has 0 atom stereocenters. The van der Waals surface area contributed by atoms with Gasteiger partial charge in [0.2, 0.25) is 0 Å². The molecular formula is C17H21O. The van der Waals surface area contributed by atoms with E-state index in [0.29, 0.717) is 0 Å². The standard InChI is InChI=1S/C17H21O/c1-18-17-10-9-15-11-14(7-8-16(15)12-17)13-5-3-2-4-6-13/h9-10,12-13H,2-8H2,1H3. The summed E-state index contributed by atoms with van der Waals surface area (Å²) in [5.74, 6) is 1.78. The molecule has 1 radical (unpaired) electrons. The van der Waals surface area contributed by atoms with E-state index >= 15 is 0 Å². The number of benzene rings is 1. The van der Waals surface area contributed by atoms with E-state index in [1.54, 1.807) is 12.7 Å². The maximum Gasteiger partial charge on any atom is 0.119 e. The van der Waals surface area contributed by atoms with Gasteiger partial charge in [-0.05, 0) is 60.9 Å². The minimum Gasteiger partial charge on any atom is -0.497 e. The molecule has 0 saturated heterocycles. The second kappa shape index (κ2) is 5.17. The lowest BCUT2D eigenvalue weighted by molar-refractivity contribution is 0.392. The molecule has 3 rings (SSSR count). The van der Waals surface area contributed by atoms with Gasteiger partial charge in [-0.25, -0.2) is 0 Å². The van der Waals surface area contributed by atoms with Crippen molar-refractivity contribution in [1.29, 1.82) is 0 Å². The van der Waals surface area contributed by atoms with E-state index in [0.717, 1.165) is 18.1 Å².